The number of benzene rings is 3. The normalized spacial score (nSPS) is 18.4. The second-order valence-corrected chi connectivity index (χ2v) is 6.63. The minimum absolute atomic E-state index is 0.0440. The Morgan fingerprint density at radius 2 is 1.74 bits per heavy atom. The van der Waals surface area contributed by atoms with Crippen molar-refractivity contribution in [3.8, 4) is 12.3 Å². The van der Waals surface area contributed by atoms with Crippen LogP contribution in [-0.4, -0.2) is 23.3 Å². The highest BCUT2D eigenvalue weighted by atomic mass is 16.3. The van der Waals surface area contributed by atoms with Crippen LogP contribution in [0.2, 0.25) is 0 Å². The molecule has 3 aromatic carbocycles. The number of hydrogen-bond donors (Lipinski definition) is 1. The van der Waals surface area contributed by atoms with Gasteiger partial charge in [0.15, 0.2) is 11.4 Å². The Morgan fingerprint density at radius 3 is 2.52 bits per heavy atom. The van der Waals surface area contributed by atoms with Gasteiger partial charge in [-0.25, -0.2) is 0 Å². The highest BCUT2D eigenvalue weighted by Gasteiger charge is 2.50. The number of para-hydroxylation sites is 1. The van der Waals surface area contributed by atoms with Crippen LogP contribution in [0.25, 0.3) is 10.8 Å². The summed E-state index contributed by atoms with van der Waals surface area (Å²) in [5.74, 6) is 1.58. The van der Waals surface area contributed by atoms with Crippen LogP contribution in [0.4, 0.5) is 5.69 Å². The van der Waals surface area contributed by atoms with E-state index >= 15 is 0 Å². The summed E-state index contributed by atoms with van der Waals surface area (Å²) in [5.41, 5.74) is -0.479. The maximum Gasteiger partial charge on any atom is 0.265 e. The average Bonchev–Trinajstić information content (AvgIpc) is 2.90. The zero-order valence-electron chi connectivity index (χ0n) is 14.6. The smallest absolute Gasteiger partial charge is 0.265 e. The van der Waals surface area contributed by atoms with Crippen LogP contribution in [-0.2, 0) is 10.4 Å². The van der Waals surface area contributed by atoms with Gasteiger partial charge in [0, 0.05) is 11.1 Å². The molecule has 4 rings (SSSR count). The van der Waals surface area contributed by atoms with Crippen molar-refractivity contribution in [1.82, 2.24) is 0 Å². The fraction of sp³-hybridized carbons (Fsp3) is 0.130. The molecule has 1 heterocycles. The van der Waals surface area contributed by atoms with Gasteiger partial charge in [0.05, 0.1) is 18.7 Å². The molecule has 0 aliphatic carbocycles. The second kappa shape index (κ2) is 6.39. The number of ketones is 1. The summed E-state index contributed by atoms with van der Waals surface area (Å²) in [6.45, 7) is 0.0440. The van der Waals surface area contributed by atoms with Crippen LogP contribution in [0.15, 0.2) is 66.7 Å². The highest BCUT2D eigenvalue weighted by molar-refractivity contribution is 6.11. The van der Waals surface area contributed by atoms with Crippen molar-refractivity contribution in [2.75, 3.05) is 11.4 Å². The van der Waals surface area contributed by atoms with Gasteiger partial charge in [-0.05, 0) is 22.9 Å². The molecular formula is C23H17NO3. The van der Waals surface area contributed by atoms with Gasteiger partial charge in [0.25, 0.3) is 5.91 Å². The van der Waals surface area contributed by atoms with Gasteiger partial charge in [-0.3, -0.25) is 14.5 Å². The molecule has 27 heavy (non-hydrogen) atoms. The van der Waals surface area contributed by atoms with Crippen molar-refractivity contribution in [1.29, 1.82) is 0 Å². The number of carbonyl (C=O) groups is 2. The summed E-state index contributed by atoms with van der Waals surface area (Å²) in [5, 5.41) is 13.1. The molecule has 4 nitrogen and oxygen atoms in total. The van der Waals surface area contributed by atoms with E-state index in [1.807, 2.05) is 30.3 Å². The van der Waals surface area contributed by atoms with Gasteiger partial charge in [-0.2, -0.15) is 0 Å². The molecule has 1 aliphatic heterocycles. The SMILES string of the molecule is C#CCN1C(=O)C(O)(CC(=O)c2ccc3ccccc3c2)c2ccccc21. The van der Waals surface area contributed by atoms with Gasteiger partial charge in [-0.15, -0.1) is 6.42 Å². The lowest BCUT2D eigenvalue weighted by Crippen LogP contribution is -2.42. The molecule has 1 atom stereocenters. The minimum atomic E-state index is -1.91. The van der Waals surface area contributed by atoms with E-state index in [0.29, 0.717) is 16.8 Å². The number of aliphatic hydroxyl groups is 1. The maximum atomic E-state index is 12.9. The van der Waals surface area contributed by atoms with E-state index in [-0.39, 0.29) is 18.7 Å². The number of hydrogen-bond acceptors (Lipinski definition) is 3. The van der Waals surface area contributed by atoms with Gasteiger partial charge < -0.3 is 5.11 Å². The number of terminal acetylenes is 1. The van der Waals surface area contributed by atoms with Gasteiger partial charge in [0.1, 0.15) is 0 Å². The fourth-order valence-corrected chi connectivity index (χ4v) is 3.62. The van der Waals surface area contributed by atoms with Crippen LogP contribution in [0, 0.1) is 12.3 Å². The van der Waals surface area contributed by atoms with E-state index in [2.05, 4.69) is 5.92 Å². The van der Waals surface area contributed by atoms with E-state index in [1.165, 1.54) is 4.90 Å². The maximum absolute atomic E-state index is 12.9. The lowest BCUT2D eigenvalue weighted by molar-refractivity contribution is -0.135. The molecule has 0 aromatic heterocycles. The third kappa shape index (κ3) is 2.69. The molecule has 132 valence electrons. The Hall–Kier alpha value is -3.42. The number of carbonyl (C=O) groups excluding carboxylic acids is 2. The van der Waals surface area contributed by atoms with Gasteiger partial charge in [-0.1, -0.05) is 60.5 Å². The molecule has 1 N–H and O–H groups in total. The molecule has 1 unspecified atom stereocenters. The molecule has 1 aliphatic rings. The van der Waals surface area contributed by atoms with Crippen molar-refractivity contribution < 1.29 is 14.7 Å². The first kappa shape index (κ1) is 17.0. The first-order valence-corrected chi connectivity index (χ1v) is 8.64. The van der Waals surface area contributed by atoms with E-state index in [9.17, 15) is 14.7 Å². The number of rotatable bonds is 4. The van der Waals surface area contributed by atoms with Crippen molar-refractivity contribution >= 4 is 28.2 Å². The molecule has 0 saturated heterocycles. The Balaban J connectivity index is 1.71. The largest absolute Gasteiger partial charge is 0.375 e. The second-order valence-electron chi connectivity index (χ2n) is 6.63. The average molecular weight is 355 g/mol. The zero-order chi connectivity index (χ0) is 19.0. The number of nitrogens with zero attached hydrogens (tertiary/aromatic N) is 1. The Kier molecular flexibility index (Phi) is 4.02. The van der Waals surface area contributed by atoms with Crippen LogP contribution < -0.4 is 4.90 Å². The molecule has 0 bridgehead atoms. The summed E-state index contributed by atoms with van der Waals surface area (Å²) in [7, 11) is 0. The molecule has 0 fully saturated rings. The highest BCUT2D eigenvalue weighted by Crippen LogP contribution is 2.42. The van der Waals surface area contributed by atoms with Crippen LogP contribution in [0.5, 0.6) is 0 Å². The minimum Gasteiger partial charge on any atom is -0.375 e. The standard InChI is InChI=1S/C23H17NO3/c1-2-13-24-20-10-6-5-9-19(20)23(27,22(24)26)15-21(25)18-12-11-16-7-3-4-8-17(16)14-18/h1,3-12,14,27H,13,15H2. The lowest BCUT2D eigenvalue weighted by atomic mass is 9.88. The number of amides is 1. The van der Waals surface area contributed by atoms with Crippen LogP contribution in [0.1, 0.15) is 22.3 Å². The first-order valence-electron chi connectivity index (χ1n) is 8.64. The van der Waals surface area contributed by atoms with Crippen molar-refractivity contribution in [2.45, 2.75) is 12.0 Å². The van der Waals surface area contributed by atoms with E-state index < -0.39 is 11.5 Å². The molecular weight excluding hydrogens is 338 g/mol. The Bertz CT molecular complexity index is 1110. The summed E-state index contributed by atoms with van der Waals surface area (Å²) in [4.78, 5) is 27.1. The Morgan fingerprint density at radius 1 is 1.04 bits per heavy atom. The molecule has 0 spiro atoms. The van der Waals surface area contributed by atoms with Crippen molar-refractivity contribution in [2.24, 2.45) is 0 Å². The predicted molar refractivity (Wildman–Crippen MR) is 104 cm³/mol. The summed E-state index contributed by atoms with van der Waals surface area (Å²) in [6, 6.07) is 20.0. The number of Topliss-reactive ketones (excluding diaryl/α,β-unsaturated/α-hetero) is 1. The van der Waals surface area contributed by atoms with Gasteiger partial charge in [0.2, 0.25) is 0 Å². The fourth-order valence-electron chi connectivity index (χ4n) is 3.62. The van der Waals surface area contributed by atoms with E-state index in [0.717, 1.165) is 10.8 Å². The Labute approximate surface area is 157 Å². The molecule has 4 heteroatoms. The van der Waals surface area contributed by atoms with E-state index in [1.54, 1.807) is 36.4 Å². The third-order valence-corrected chi connectivity index (χ3v) is 4.98. The topological polar surface area (TPSA) is 57.6 Å². The quantitative estimate of drug-likeness (QED) is 0.577. The van der Waals surface area contributed by atoms with Crippen LogP contribution >= 0.6 is 0 Å². The molecule has 0 saturated carbocycles. The molecule has 0 radical (unpaired) electrons. The third-order valence-electron chi connectivity index (χ3n) is 4.98. The molecule has 3 aromatic rings. The summed E-state index contributed by atoms with van der Waals surface area (Å²) < 4.78 is 0. The molecule has 1 amide bonds. The summed E-state index contributed by atoms with van der Waals surface area (Å²) >= 11 is 0. The van der Waals surface area contributed by atoms with Crippen molar-refractivity contribution in [3.05, 3.63) is 77.9 Å². The van der Waals surface area contributed by atoms with Crippen molar-refractivity contribution in [3.63, 3.8) is 0 Å². The number of fused-ring (bicyclic) bond motifs is 2. The van der Waals surface area contributed by atoms with E-state index in [4.69, 9.17) is 6.42 Å². The zero-order valence-corrected chi connectivity index (χ0v) is 14.6. The van der Waals surface area contributed by atoms with Crippen LogP contribution in [0.3, 0.4) is 0 Å². The first-order chi connectivity index (χ1) is 13.0. The van der Waals surface area contributed by atoms with Gasteiger partial charge >= 0.3 is 0 Å². The summed E-state index contributed by atoms with van der Waals surface area (Å²) in [6.07, 6.45) is 5.04. The monoisotopic (exact) mass is 355 g/mol. The number of anilines is 1. The lowest BCUT2D eigenvalue weighted by Gasteiger charge is -2.22. The predicted octanol–water partition coefficient (Wildman–Crippen LogP) is 3.28.